The van der Waals surface area contributed by atoms with Gasteiger partial charge in [0, 0.05) is 24.9 Å². The molecule has 3 heteroatoms. The van der Waals surface area contributed by atoms with Gasteiger partial charge in [-0.25, -0.2) is 0 Å². The number of rotatable bonds is 6. The lowest BCUT2D eigenvalue weighted by atomic mass is 9.99. The Bertz CT molecular complexity index is 295. The molecule has 1 aliphatic heterocycles. The Balaban J connectivity index is 1.61. The van der Waals surface area contributed by atoms with Crippen molar-refractivity contribution in [1.29, 1.82) is 0 Å². The minimum Gasteiger partial charge on any atom is -0.316 e. The van der Waals surface area contributed by atoms with Gasteiger partial charge in [-0.1, -0.05) is 6.07 Å². The first-order valence-electron chi connectivity index (χ1n) is 6.14. The average Bonchev–Trinajstić information content (AvgIpc) is 2.26. The molecule has 1 aromatic heterocycles. The molecule has 1 aromatic rings. The van der Waals surface area contributed by atoms with E-state index in [2.05, 4.69) is 34.4 Å². The van der Waals surface area contributed by atoms with Crippen molar-refractivity contribution in [2.75, 3.05) is 33.2 Å². The molecule has 3 nitrogen and oxygen atoms in total. The van der Waals surface area contributed by atoms with E-state index in [1.165, 1.54) is 31.7 Å². The number of nitrogens with one attached hydrogen (secondary N) is 1. The van der Waals surface area contributed by atoms with Gasteiger partial charge >= 0.3 is 0 Å². The van der Waals surface area contributed by atoms with Crippen LogP contribution in [0.1, 0.15) is 12.1 Å². The van der Waals surface area contributed by atoms with E-state index < -0.39 is 0 Å². The Morgan fingerprint density at radius 2 is 2.25 bits per heavy atom. The van der Waals surface area contributed by atoms with E-state index in [0.29, 0.717) is 0 Å². The van der Waals surface area contributed by atoms with Crippen LogP contribution in [0.25, 0.3) is 0 Å². The predicted molar refractivity (Wildman–Crippen MR) is 66.4 cm³/mol. The van der Waals surface area contributed by atoms with Crippen LogP contribution in [-0.2, 0) is 6.42 Å². The van der Waals surface area contributed by atoms with Crippen LogP contribution in [-0.4, -0.2) is 43.1 Å². The normalized spacial score (nSPS) is 16.4. The SMILES string of the molecule is CN(CCc1ccccn1)CCC1CNC1. The zero-order chi connectivity index (χ0) is 11.2. The Morgan fingerprint density at radius 1 is 1.38 bits per heavy atom. The average molecular weight is 219 g/mol. The molecule has 0 amide bonds. The number of hydrogen-bond donors (Lipinski definition) is 1. The maximum Gasteiger partial charge on any atom is 0.0416 e. The Morgan fingerprint density at radius 3 is 2.88 bits per heavy atom. The molecule has 1 saturated heterocycles. The summed E-state index contributed by atoms with van der Waals surface area (Å²) in [4.78, 5) is 6.75. The maximum atomic E-state index is 4.34. The molecule has 1 aliphatic rings. The highest BCUT2D eigenvalue weighted by molar-refractivity contribution is 5.03. The first kappa shape index (κ1) is 11.6. The largest absolute Gasteiger partial charge is 0.316 e. The van der Waals surface area contributed by atoms with Gasteiger partial charge in [-0.05, 0) is 51.2 Å². The van der Waals surface area contributed by atoms with Gasteiger partial charge in [0.1, 0.15) is 0 Å². The van der Waals surface area contributed by atoms with Crippen LogP contribution in [0, 0.1) is 5.92 Å². The highest BCUT2D eigenvalue weighted by atomic mass is 15.1. The second kappa shape index (κ2) is 5.97. The topological polar surface area (TPSA) is 28.2 Å². The first-order chi connectivity index (χ1) is 7.84. The number of aromatic nitrogens is 1. The monoisotopic (exact) mass is 219 g/mol. The van der Waals surface area contributed by atoms with Crippen molar-refractivity contribution in [3.63, 3.8) is 0 Å². The zero-order valence-corrected chi connectivity index (χ0v) is 10.0. The molecule has 0 radical (unpaired) electrons. The van der Waals surface area contributed by atoms with Crippen LogP contribution in [0.15, 0.2) is 24.4 Å². The van der Waals surface area contributed by atoms with Crippen LogP contribution in [0.5, 0.6) is 0 Å². The van der Waals surface area contributed by atoms with E-state index in [0.717, 1.165) is 18.9 Å². The van der Waals surface area contributed by atoms with Gasteiger partial charge < -0.3 is 10.2 Å². The van der Waals surface area contributed by atoms with Crippen molar-refractivity contribution < 1.29 is 0 Å². The van der Waals surface area contributed by atoms with Crippen LogP contribution in [0.3, 0.4) is 0 Å². The Hall–Kier alpha value is -0.930. The van der Waals surface area contributed by atoms with Gasteiger partial charge in [-0.2, -0.15) is 0 Å². The molecule has 16 heavy (non-hydrogen) atoms. The van der Waals surface area contributed by atoms with E-state index >= 15 is 0 Å². The van der Waals surface area contributed by atoms with E-state index in [-0.39, 0.29) is 0 Å². The van der Waals surface area contributed by atoms with E-state index in [9.17, 15) is 0 Å². The van der Waals surface area contributed by atoms with Crippen molar-refractivity contribution in [2.24, 2.45) is 5.92 Å². The highest BCUT2D eigenvalue weighted by Gasteiger charge is 2.16. The number of likely N-dealkylation sites (N-methyl/N-ethyl adjacent to an activating group) is 1. The lowest BCUT2D eigenvalue weighted by Crippen LogP contribution is -2.43. The van der Waals surface area contributed by atoms with Crippen LogP contribution >= 0.6 is 0 Å². The third-order valence-corrected chi connectivity index (χ3v) is 3.26. The van der Waals surface area contributed by atoms with Crippen LogP contribution in [0.2, 0.25) is 0 Å². The second-order valence-electron chi connectivity index (χ2n) is 4.69. The summed E-state index contributed by atoms with van der Waals surface area (Å²) in [7, 11) is 2.20. The minimum atomic E-state index is 0.914. The molecule has 0 aromatic carbocycles. The zero-order valence-electron chi connectivity index (χ0n) is 10.0. The standard InChI is InChI=1S/C13H21N3/c1-16(8-5-12-10-14-11-12)9-6-13-4-2-3-7-15-13/h2-4,7,12,14H,5-6,8-11H2,1H3. The summed E-state index contributed by atoms with van der Waals surface area (Å²) in [5.41, 5.74) is 1.19. The second-order valence-corrected chi connectivity index (χ2v) is 4.69. The fourth-order valence-corrected chi connectivity index (χ4v) is 1.92. The molecule has 0 spiro atoms. The van der Waals surface area contributed by atoms with Gasteiger partial charge in [0.15, 0.2) is 0 Å². The van der Waals surface area contributed by atoms with Gasteiger partial charge in [0.2, 0.25) is 0 Å². The number of pyridine rings is 1. The molecule has 0 bridgehead atoms. The van der Waals surface area contributed by atoms with Gasteiger partial charge in [-0.15, -0.1) is 0 Å². The Kier molecular flexibility index (Phi) is 4.31. The first-order valence-corrected chi connectivity index (χ1v) is 6.14. The highest BCUT2D eigenvalue weighted by Crippen LogP contribution is 2.08. The molecule has 2 heterocycles. The number of nitrogens with zero attached hydrogens (tertiary/aromatic N) is 2. The van der Waals surface area contributed by atoms with Crippen molar-refractivity contribution in [1.82, 2.24) is 15.2 Å². The van der Waals surface area contributed by atoms with Crippen LogP contribution < -0.4 is 5.32 Å². The lowest BCUT2D eigenvalue weighted by Gasteiger charge is -2.28. The molecule has 88 valence electrons. The van der Waals surface area contributed by atoms with Crippen LogP contribution in [0.4, 0.5) is 0 Å². The van der Waals surface area contributed by atoms with Crippen molar-refractivity contribution in [3.8, 4) is 0 Å². The van der Waals surface area contributed by atoms with E-state index in [1.807, 2.05) is 12.3 Å². The molecule has 1 N–H and O–H groups in total. The summed E-state index contributed by atoms with van der Waals surface area (Å²) in [6, 6.07) is 6.13. The van der Waals surface area contributed by atoms with Crippen molar-refractivity contribution in [2.45, 2.75) is 12.8 Å². The summed E-state index contributed by atoms with van der Waals surface area (Å²) < 4.78 is 0. The molecule has 0 unspecified atom stereocenters. The molecular formula is C13H21N3. The molecule has 2 rings (SSSR count). The summed E-state index contributed by atoms with van der Waals surface area (Å²) in [6.45, 7) is 4.75. The lowest BCUT2D eigenvalue weighted by molar-refractivity contribution is 0.258. The quantitative estimate of drug-likeness (QED) is 0.778. The van der Waals surface area contributed by atoms with Gasteiger partial charge in [0.05, 0.1) is 0 Å². The fourth-order valence-electron chi connectivity index (χ4n) is 1.92. The molecule has 0 saturated carbocycles. The van der Waals surface area contributed by atoms with Gasteiger partial charge in [0.25, 0.3) is 0 Å². The molecule has 0 atom stereocenters. The summed E-state index contributed by atoms with van der Waals surface area (Å²) >= 11 is 0. The maximum absolute atomic E-state index is 4.34. The molecule has 0 aliphatic carbocycles. The summed E-state index contributed by atoms with van der Waals surface area (Å²) in [5, 5.41) is 3.31. The summed E-state index contributed by atoms with van der Waals surface area (Å²) in [5.74, 6) is 0.914. The fraction of sp³-hybridized carbons (Fsp3) is 0.615. The third-order valence-electron chi connectivity index (χ3n) is 3.26. The minimum absolute atomic E-state index is 0.914. The van der Waals surface area contributed by atoms with Crippen molar-refractivity contribution >= 4 is 0 Å². The molecular weight excluding hydrogens is 198 g/mol. The van der Waals surface area contributed by atoms with Crippen molar-refractivity contribution in [3.05, 3.63) is 30.1 Å². The predicted octanol–water partition coefficient (Wildman–Crippen LogP) is 1.17. The number of hydrogen-bond acceptors (Lipinski definition) is 3. The molecule has 1 fully saturated rings. The summed E-state index contributed by atoms with van der Waals surface area (Å²) in [6.07, 6.45) is 4.25. The van der Waals surface area contributed by atoms with E-state index in [1.54, 1.807) is 0 Å². The third kappa shape index (κ3) is 3.58. The van der Waals surface area contributed by atoms with Gasteiger partial charge in [-0.3, -0.25) is 4.98 Å². The Labute approximate surface area is 97.9 Å². The van der Waals surface area contributed by atoms with E-state index in [4.69, 9.17) is 0 Å². The smallest absolute Gasteiger partial charge is 0.0416 e.